The van der Waals surface area contributed by atoms with E-state index in [9.17, 15) is 9.59 Å². The molecule has 2 amide bonds. The van der Waals surface area contributed by atoms with Gasteiger partial charge in [0.2, 0.25) is 11.8 Å². The number of nitrogens with zero attached hydrogens (tertiary/aromatic N) is 2. The highest BCUT2D eigenvalue weighted by atomic mass is 16.2. The van der Waals surface area contributed by atoms with Crippen LogP contribution < -0.4 is 5.73 Å². The topological polar surface area (TPSA) is 66.6 Å². The van der Waals surface area contributed by atoms with Crippen LogP contribution in [0.25, 0.3) is 0 Å². The highest BCUT2D eigenvalue weighted by molar-refractivity contribution is 5.92. The lowest BCUT2D eigenvalue weighted by Crippen LogP contribution is -2.54. The van der Waals surface area contributed by atoms with Gasteiger partial charge < -0.3 is 15.5 Å². The standard InChI is InChI=1S/C13H25N3O2/c1-3-7-15-9-13(18)16(10-12(15)17)8-5-6-11(14)4-2/h11H,3-10,14H2,1-2H3. The molecular weight excluding hydrogens is 230 g/mol. The second kappa shape index (κ2) is 7.36. The Hall–Kier alpha value is -1.10. The third kappa shape index (κ3) is 4.29. The summed E-state index contributed by atoms with van der Waals surface area (Å²) in [5, 5.41) is 0. The van der Waals surface area contributed by atoms with E-state index in [1.54, 1.807) is 9.80 Å². The van der Waals surface area contributed by atoms with Gasteiger partial charge in [-0.2, -0.15) is 0 Å². The molecular formula is C13H25N3O2. The second-order valence-corrected chi connectivity index (χ2v) is 4.94. The largest absolute Gasteiger partial charge is 0.332 e. The molecule has 0 radical (unpaired) electrons. The molecule has 0 aromatic rings. The maximum absolute atomic E-state index is 11.9. The lowest BCUT2D eigenvalue weighted by molar-refractivity contribution is -0.150. The number of nitrogens with two attached hydrogens (primary N) is 1. The van der Waals surface area contributed by atoms with E-state index in [0.29, 0.717) is 13.1 Å². The minimum atomic E-state index is 0.0631. The average Bonchev–Trinajstić information content (AvgIpc) is 2.35. The fraction of sp³-hybridized carbons (Fsp3) is 0.846. The summed E-state index contributed by atoms with van der Waals surface area (Å²) in [6.45, 7) is 5.88. The van der Waals surface area contributed by atoms with E-state index in [2.05, 4.69) is 6.92 Å². The fourth-order valence-electron chi connectivity index (χ4n) is 2.13. The lowest BCUT2D eigenvalue weighted by Gasteiger charge is -2.33. The predicted molar refractivity (Wildman–Crippen MR) is 71.0 cm³/mol. The quantitative estimate of drug-likeness (QED) is 0.724. The Morgan fingerprint density at radius 1 is 1.11 bits per heavy atom. The minimum Gasteiger partial charge on any atom is -0.332 e. The van der Waals surface area contributed by atoms with Gasteiger partial charge in [-0.3, -0.25) is 9.59 Å². The summed E-state index contributed by atoms with van der Waals surface area (Å²) in [5.41, 5.74) is 5.83. The van der Waals surface area contributed by atoms with Gasteiger partial charge in [-0.15, -0.1) is 0 Å². The van der Waals surface area contributed by atoms with Gasteiger partial charge >= 0.3 is 0 Å². The van der Waals surface area contributed by atoms with Gasteiger partial charge in [-0.25, -0.2) is 0 Å². The molecule has 1 aliphatic heterocycles. The Bertz CT molecular complexity index is 294. The molecule has 18 heavy (non-hydrogen) atoms. The van der Waals surface area contributed by atoms with Crippen molar-refractivity contribution in [2.45, 2.75) is 45.6 Å². The summed E-state index contributed by atoms with van der Waals surface area (Å²) in [4.78, 5) is 27.0. The number of hydrogen-bond acceptors (Lipinski definition) is 3. The molecule has 1 unspecified atom stereocenters. The van der Waals surface area contributed by atoms with Crippen molar-refractivity contribution < 1.29 is 9.59 Å². The smallest absolute Gasteiger partial charge is 0.242 e. The Morgan fingerprint density at radius 3 is 2.17 bits per heavy atom. The Kier molecular flexibility index (Phi) is 6.12. The first-order valence-electron chi connectivity index (χ1n) is 6.89. The Labute approximate surface area is 109 Å². The zero-order chi connectivity index (χ0) is 13.5. The molecule has 5 nitrogen and oxygen atoms in total. The first kappa shape index (κ1) is 15.0. The zero-order valence-electron chi connectivity index (χ0n) is 11.5. The first-order chi connectivity index (χ1) is 8.58. The van der Waals surface area contributed by atoms with Crippen LogP contribution in [0.4, 0.5) is 0 Å². The van der Waals surface area contributed by atoms with E-state index >= 15 is 0 Å². The van der Waals surface area contributed by atoms with E-state index in [-0.39, 0.29) is 30.9 Å². The minimum absolute atomic E-state index is 0.0631. The summed E-state index contributed by atoms with van der Waals surface area (Å²) in [7, 11) is 0. The van der Waals surface area contributed by atoms with Crippen LogP contribution in [-0.4, -0.2) is 53.8 Å². The highest BCUT2D eigenvalue weighted by Gasteiger charge is 2.28. The Morgan fingerprint density at radius 2 is 1.67 bits per heavy atom. The molecule has 1 aliphatic rings. The monoisotopic (exact) mass is 255 g/mol. The number of carbonyl (C=O) groups excluding carboxylic acids is 2. The Balaban J connectivity index is 2.35. The number of amides is 2. The number of rotatable bonds is 7. The summed E-state index contributed by atoms with van der Waals surface area (Å²) >= 11 is 0. The maximum Gasteiger partial charge on any atom is 0.242 e. The van der Waals surface area contributed by atoms with Crippen molar-refractivity contribution in [2.75, 3.05) is 26.2 Å². The molecule has 104 valence electrons. The molecule has 1 saturated heterocycles. The van der Waals surface area contributed by atoms with Crippen LogP contribution in [0.2, 0.25) is 0 Å². The SMILES string of the molecule is CCCN1CC(=O)N(CCCC(N)CC)CC1=O. The fourth-order valence-corrected chi connectivity index (χ4v) is 2.13. The molecule has 0 spiro atoms. The molecule has 2 N–H and O–H groups in total. The van der Waals surface area contributed by atoms with Crippen LogP contribution in [0.1, 0.15) is 39.5 Å². The van der Waals surface area contributed by atoms with Crippen LogP contribution in [0.3, 0.4) is 0 Å². The zero-order valence-corrected chi connectivity index (χ0v) is 11.5. The van der Waals surface area contributed by atoms with Gasteiger partial charge in [0.15, 0.2) is 0 Å². The number of hydrogen-bond donors (Lipinski definition) is 1. The molecule has 1 heterocycles. The molecule has 1 rings (SSSR count). The van der Waals surface area contributed by atoms with Crippen molar-refractivity contribution in [1.82, 2.24) is 9.80 Å². The molecule has 1 atom stereocenters. The van der Waals surface area contributed by atoms with Crippen LogP contribution in [0, 0.1) is 0 Å². The third-order valence-electron chi connectivity index (χ3n) is 3.38. The average molecular weight is 255 g/mol. The molecule has 0 aromatic heterocycles. The lowest BCUT2D eigenvalue weighted by atomic mass is 10.1. The number of carbonyl (C=O) groups is 2. The molecule has 0 aromatic carbocycles. The van der Waals surface area contributed by atoms with Crippen molar-refractivity contribution in [3.63, 3.8) is 0 Å². The predicted octanol–water partition coefficient (Wildman–Crippen LogP) is 0.585. The number of piperazine rings is 1. The molecule has 0 bridgehead atoms. The van der Waals surface area contributed by atoms with E-state index in [1.165, 1.54) is 0 Å². The first-order valence-corrected chi connectivity index (χ1v) is 6.89. The van der Waals surface area contributed by atoms with E-state index < -0.39 is 0 Å². The van der Waals surface area contributed by atoms with Crippen LogP contribution >= 0.6 is 0 Å². The van der Waals surface area contributed by atoms with Crippen LogP contribution in [0.5, 0.6) is 0 Å². The molecule has 0 saturated carbocycles. The van der Waals surface area contributed by atoms with Gasteiger partial charge in [0.1, 0.15) is 0 Å². The summed E-state index contributed by atoms with van der Waals surface area (Å²) in [5.74, 6) is 0.129. The molecule has 1 fully saturated rings. The van der Waals surface area contributed by atoms with E-state index in [4.69, 9.17) is 5.73 Å². The van der Waals surface area contributed by atoms with Crippen molar-refractivity contribution in [3.05, 3.63) is 0 Å². The normalized spacial score (nSPS) is 18.4. The molecule has 0 aliphatic carbocycles. The van der Waals surface area contributed by atoms with Crippen molar-refractivity contribution in [3.8, 4) is 0 Å². The van der Waals surface area contributed by atoms with Gasteiger partial charge in [0.05, 0.1) is 13.1 Å². The van der Waals surface area contributed by atoms with Gasteiger partial charge in [0.25, 0.3) is 0 Å². The summed E-state index contributed by atoms with van der Waals surface area (Å²) in [6.07, 6.45) is 3.64. The van der Waals surface area contributed by atoms with Crippen molar-refractivity contribution >= 4 is 11.8 Å². The van der Waals surface area contributed by atoms with Crippen molar-refractivity contribution in [1.29, 1.82) is 0 Å². The third-order valence-corrected chi connectivity index (χ3v) is 3.38. The van der Waals surface area contributed by atoms with Gasteiger partial charge in [-0.05, 0) is 25.7 Å². The van der Waals surface area contributed by atoms with E-state index in [1.807, 2.05) is 6.92 Å². The van der Waals surface area contributed by atoms with Gasteiger partial charge in [-0.1, -0.05) is 13.8 Å². The van der Waals surface area contributed by atoms with Crippen LogP contribution in [0.15, 0.2) is 0 Å². The van der Waals surface area contributed by atoms with Crippen molar-refractivity contribution in [2.24, 2.45) is 5.73 Å². The van der Waals surface area contributed by atoms with Crippen LogP contribution in [-0.2, 0) is 9.59 Å². The maximum atomic E-state index is 11.9. The van der Waals surface area contributed by atoms with E-state index in [0.717, 1.165) is 25.7 Å². The summed E-state index contributed by atoms with van der Waals surface area (Å²) in [6, 6.07) is 0.206. The second-order valence-electron chi connectivity index (χ2n) is 4.94. The highest BCUT2D eigenvalue weighted by Crippen LogP contribution is 2.08. The van der Waals surface area contributed by atoms with Gasteiger partial charge in [0, 0.05) is 19.1 Å². The molecule has 5 heteroatoms. The summed E-state index contributed by atoms with van der Waals surface area (Å²) < 4.78 is 0.